The molecule has 9 nitrogen and oxygen atoms in total. The molecule has 3 rings (SSSR count). The number of benzene rings is 1. The summed E-state index contributed by atoms with van der Waals surface area (Å²) < 4.78 is 7.28. The maximum Gasteiger partial charge on any atom is 0.334 e. The SMILES string of the molecule is C=C1CSCCC(c2cccc(N=Nc3c(O)n(C)c(=O)n(C)c3=O)c2)OC1=O. The van der Waals surface area contributed by atoms with Crippen molar-refractivity contribution in [2.24, 2.45) is 24.3 Å². The van der Waals surface area contributed by atoms with Crippen LogP contribution in [0.3, 0.4) is 0 Å². The van der Waals surface area contributed by atoms with Crippen LogP contribution in [0.2, 0.25) is 0 Å². The molecular weight excluding hydrogens is 396 g/mol. The number of aromatic nitrogens is 2. The molecule has 1 unspecified atom stereocenters. The third-order valence-corrected chi connectivity index (χ3v) is 5.53. The Morgan fingerprint density at radius 3 is 2.72 bits per heavy atom. The summed E-state index contributed by atoms with van der Waals surface area (Å²) in [5.41, 5.74) is -0.194. The molecule has 1 fully saturated rings. The van der Waals surface area contributed by atoms with Crippen LogP contribution in [0.25, 0.3) is 0 Å². The highest BCUT2D eigenvalue weighted by atomic mass is 32.2. The number of azo groups is 1. The first-order chi connectivity index (χ1) is 13.8. The summed E-state index contributed by atoms with van der Waals surface area (Å²) in [6.07, 6.45) is 0.202. The zero-order chi connectivity index (χ0) is 21.1. The summed E-state index contributed by atoms with van der Waals surface area (Å²) in [5, 5.41) is 17.9. The molecule has 1 aromatic heterocycles. The predicted molar refractivity (Wildman–Crippen MR) is 109 cm³/mol. The van der Waals surface area contributed by atoms with E-state index in [-0.39, 0.29) is 5.69 Å². The molecule has 1 aliphatic heterocycles. The molecule has 1 aromatic carbocycles. The van der Waals surface area contributed by atoms with E-state index in [0.717, 1.165) is 20.5 Å². The van der Waals surface area contributed by atoms with Gasteiger partial charge in [0.15, 0.2) is 0 Å². The number of carbonyl (C=O) groups excluding carboxylic acids is 1. The lowest BCUT2D eigenvalue weighted by Crippen LogP contribution is -2.36. The minimum absolute atomic E-state index is 0.343. The van der Waals surface area contributed by atoms with Crippen LogP contribution in [0.15, 0.2) is 56.2 Å². The molecule has 152 valence electrons. The topological polar surface area (TPSA) is 115 Å². The van der Waals surface area contributed by atoms with Gasteiger partial charge in [-0.05, 0) is 29.9 Å². The zero-order valence-corrected chi connectivity index (χ0v) is 16.8. The number of hydrogen-bond acceptors (Lipinski definition) is 8. The summed E-state index contributed by atoms with van der Waals surface area (Å²) in [7, 11) is 2.62. The Balaban J connectivity index is 1.91. The number of carbonyl (C=O) groups is 1. The Morgan fingerprint density at radius 2 is 1.97 bits per heavy atom. The van der Waals surface area contributed by atoms with Crippen LogP contribution in [-0.2, 0) is 23.6 Å². The number of aromatic hydroxyl groups is 1. The molecule has 1 N–H and O–H groups in total. The third-order valence-electron chi connectivity index (χ3n) is 4.46. The van der Waals surface area contributed by atoms with Crippen LogP contribution >= 0.6 is 11.8 Å². The Morgan fingerprint density at radius 1 is 1.21 bits per heavy atom. The fraction of sp³-hybridized carbons (Fsp3) is 0.316. The second-order valence-corrected chi connectivity index (χ2v) is 7.62. The minimum Gasteiger partial charge on any atom is -0.493 e. The first-order valence-corrected chi connectivity index (χ1v) is 9.92. The molecule has 0 spiro atoms. The van der Waals surface area contributed by atoms with Crippen molar-refractivity contribution in [3.8, 4) is 5.88 Å². The standard InChI is InChI=1S/C19H20N4O5S/c1-11-10-29-8-7-14(28-18(11)26)12-5-4-6-13(9-12)20-21-15-16(24)22(2)19(27)23(3)17(15)25/h4-6,9,14,24H,1,7-8,10H2,2-3H3. The monoisotopic (exact) mass is 416 g/mol. The minimum atomic E-state index is -0.755. The Labute approximate surface area is 170 Å². The maximum atomic E-state index is 12.2. The van der Waals surface area contributed by atoms with Gasteiger partial charge in [-0.2, -0.15) is 16.9 Å². The summed E-state index contributed by atoms with van der Waals surface area (Å²) in [6.45, 7) is 3.73. The van der Waals surface area contributed by atoms with E-state index in [1.54, 1.807) is 30.0 Å². The lowest BCUT2D eigenvalue weighted by Gasteiger charge is -2.21. The van der Waals surface area contributed by atoms with Crippen molar-refractivity contribution < 1.29 is 14.6 Å². The lowest BCUT2D eigenvalue weighted by molar-refractivity contribution is -0.144. The average Bonchev–Trinajstić information content (AvgIpc) is 2.71. The molecule has 29 heavy (non-hydrogen) atoms. The molecule has 2 heterocycles. The van der Waals surface area contributed by atoms with E-state index in [0.29, 0.717) is 23.4 Å². The highest BCUT2D eigenvalue weighted by molar-refractivity contribution is 7.99. The van der Waals surface area contributed by atoms with E-state index < -0.39 is 29.2 Å². The first-order valence-electron chi connectivity index (χ1n) is 8.76. The molecular formula is C19H20N4O5S. The predicted octanol–water partition coefficient (Wildman–Crippen LogP) is 2.48. The van der Waals surface area contributed by atoms with Crippen LogP contribution in [0.5, 0.6) is 5.88 Å². The van der Waals surface area contributed by atoms with Crippen LogP contribution in [0.1, 0.15) is 18.1 Å². The smallest absolute Gasteiger partial charge is 0.334 e. The lowest BCUT2D eigenvalue weighted by atomic mass is 10.1. The second-order valence-electron chi connectivity index (χ2n) is 6.51. The molecule has 1 saturated heterocycles. The van der Waals surface area contributed by atoms with Crippen molar-refractivity contribution in [1.29, 1.82) is 0 Å². The largest absolute Gasteiger partial charge is 0.493 e. The number of thioether (sulfide) groups is 1. The number of esters is 1. The van der Waals surface area contributed by atoms with Gasteiger partial charge in [-0.3, -0.25) is 13.9 Å². The Kier molecular flexibility index (Phi) is 6.02. The fourth-order valence-electron chi connectivity index (χ4n) is 2.75. The molecule has 1 atom stereocenters. The molecule has 0 radical (unpaired) electrons. The van der Waals surface area contributed by atoms with E-state index >= 15 is 0 Å². The van der Waals surface area contributed by atoms with E-state index in [4.69, 9.17) is 4.74 Å². The van der Waals surface area contributed by atoms with Crippen LogP contribution in [-0.4, -0.2) is 31.7 Å². The maximum absolute atomic E-state index is 12.2. The van der Waals surface area contributed by atoms with Crippen molar-refractivity contribution in [1.82, 2.24) is 9.13 Å². The van der Waals surface area contributed by atoms with Crippen molar-refractivity contribution in [2.45, 2.75) is 12.5 Å². The average molecular weight is 416 g/mol. The van der Waals surface area contributed by atoms with E-state index in [2.05, 4.69) is 16.8 Å². The molecule has 2 aromatic rings. The van der Waals surface area contributed by atoms with Gasteiger partial charge in [-0.15, -0.1) is 5.11 Å². The normalized spacial score (nSPS) is 17.8. The van der Waals surface area contributed by atoms with E-state index in [9.17, 15) is 19.5 Å². The molecule has 0 amide bonds. The molecule has 10 heteroatoms. The quantitative estimate of drug-likeness (QED) is 0.467. The molecule has 0 bridgehead atoms. The van der Waals surface area contributed by atoms with Crippen molar-refractivity contribution in [3.63, 3.8) is 0 Å². The number of ether oxygens (including phenoxy) is 1. The van der Waals surface area contributed by atoms with Crippen LogP contribution in [0.4, 0.5) is 11.4 Å². The Bertz CT molecular complexity index is 1120. The van der Waals surface area contributed by atoms with Gasteiger partial charge in [0.1, 0.15) is 6.10 Å². The summed E-state index contributed by atoms with van der Waals surface area (Å²) in [4.78, 5) is 36.0. The van der Waals surface area contributed by atoms with Crippen LogP contribution in [0, 0.1) is 0 Å². The van der Waals surface area contributed by atoms with Gasteiger partial charge < -0.3 is 9.84 Å². The van der Waals surface area contributed by atoms with Gasteiger partial charge in [0, 0.05) is 25.4 Å². The van der Waals surface area contributed by atoms with Gasteiger partial charge in [-0.25, -0.2) is 9.59 Å². The van der Waals surface area contributed by atoms with Crippen molar-refractivity contribution in [3.05, 3.63) is 62.8 Å². The summed E-state index contributed by atoms with van der Waals surface area (Å²) in [6, 6.07) is 6.90. The summed E-state index contributed by atoms with van der Waals surface area (Å²) in [5.74, 6) is 0.373. The summed E-state index contributed by atoms with van der Waals surface area (Å²) >= 11 is 1.62. The van der Waals surface area contributed by atoms with Gasteiger partial charge in [0.05, 0.1) is 5.69 Å². The van der Waals surface area contributed by atoms with Gasteiger partial charge >= 0.3 is 11.7 Å². The van der Waals surface area contributed by atoms with Gasteiger partial charge in [-0.1, -0.05) is 18.7 Å². The third kappa shape index (κ3) is 4.32. The number of nitrogens with zero attached hydrogens (tertiary/aromatic N) is 4. The zero-order valence-electron chi connectivity index (χ0n) is 16.0. The molecule has 0 aliphatic carbocycles. The fourth-order valence-corrected chi connectivity index (χ4v) is 3.64. The van der Waals surface area contributed by atoms with Gasteiger partial charge in [0.25, 0.3) is 5.56 Å². The van der Waals surface area contributed by atoms with E-state index in [1.165, 1.54) is 14.1 Å². The first kappa shape index (κ1) is 20.6. The number of hydrogen-bond donors (Lipinski definition) is 1. The van der Waals surface area contributed by atoms with Gasteiger partial charge in [0.2, 0.25) is 11.6 Å². The molecule has 1 aliphatic rings. The number of rotatable bonds is 3. The highest BCUT2D eigenvalue weighted by Gasteiger charge is 2.22. The Hall–Kier alpha value is -3.14. The van der Waals surface area contributed by atoms with Crippen molar-refractivity contribution >= 4 is 29.1 Å². The van der Waals surface area contributed by atoms with Crippen LogP contribution < -0.4 is 11.2 Å². The molecule has 0 saturated carbocycles. The highest BCUT2D eigenvalue weighted by Crippen LogP contribution is 2.30. The van der Waals surface area contributed by atoms with Crippen molar-refractivity contribution in [2.75, 3.05) is 11.5 Å². The second kappa shape index (κ2) is 8.48. The number of cyclic esters (lactones) is 1. The van der Waals surface area contributed by atoms with E-state index in [1.807, 2.05) is 6.07 Å².